The Bertz CT molecular complexity index is 497. The van der Waals surface area contributed by atoms with E-state index in [1.54, 1.807) is 38.1 Å². The summed E-state index contributed by atoms with van der Waals surface area (Å²) in [5.74, 6) is -0.643. The molecule has 5 heteroatoms. The van der Waals surface area contributed by atoms with E-state index in [-0.39, 0.29) is 5.92 Å². The first-order valence-electron chi connectivity index (χ1n) is 7.07. The monoisotopic (exact) mass is 293 g/mol. The lowest BCUT2D eigenvalue weighted by molar-refractivity contribution is -0.140. The lowest BCUT2D eigenvalue weighted by Crippen LogP contribution is -2.44. The Morgan fingerprint density at radius 1 is 1.24 bits per heavy atom. The fourth-order valence-corrected chi connectivity index (χ4v) is 1.73. The number of carboxylic acids is 1. The molecule has 116 valence electrons. The Morgan fingerprint density at radius 3 is 2.43 bits per heavy atom. The number of nitrogens with one attached hydrogen (secondary N) is 1. The lowest BCUT2D eigenvalue weighted by Gasteiger charge is -2.18. The standard InChI is InChI=1S/C16H23NO4/c1-10(2)9-21-13-7-5-6-12(8-13)15(18)17-14(11(3)4)16(19)20/h5-8,10-11,14H,9H2,1-4H3,(H,17,18)(H,19,20)/t14-/m0/s1. The molecule has 5 nitrogen and oxygen atoms in total. The number of amides is 1. The lowest BCUT2D eigenvalue weighted by atomic mass is 10.0. The zero-order valence-corrected chi connectivity index (χ0v) is 12.9. The van der Waals surface area contributed by atoms with Gasteiger partial charge in [-0.25, -0.2) is 4.79 Å². The number of hydrogen-bond donors (Lipinski definition) is 2. The van der Waals surface area contributed by atoms with Crippen LogP contribution in [0.15, 0.2) is 24.3 Å². The highest BCUT2D eigenvalue weighted by atomic mass is 16.5. The van der Waals surface area contributed by atoms with E-state index in [4.69, 9.17) is 9.84 Å². The molecule has 0 fully saturated rings. The van der Waals surface area contributed by atoms with Crippen LogP contribution >= 0.6 is 0 Å². The van der Waals surface area contributed by atoms with Crippen molar-refractivity contribution >= 4 is 11.9 Å². The van der Waals surface area contributed by atoms with Crippen molar-refractivity contribution in [3.05, 3.63) is 29.8 Å². The fourth-order valence-electron chi connectivity index (χ4n) is 1.73. The van der Waals surface area contributed by atoms with Crippen molar-refractivity contribution in [2.75, 3.05) is 6.61 Å². The molecule has 1 amide bonds. The Kier molecular flexibility index (Phi) is 6.21. The molecule has 1 aromatic carbocycles. The zero-order chi connectivity index (χ0) is 16.0. The van der Waals surface area contributed by atoms with Crippen molar-refractivity contribution in [3.8, 4) is 5.75 Å². The molecular formula is C16H23NO4. The molecule has 0 radical (unpaired) electrons. The van der Waals surface area contributed by atoms with Gasteiger partial charge in [0.25, 0.3) is 5.91 Å². The summed E-state index contributed by atoms with van der Waals surface area (Å²) in [6.07, 6.45) is 0. The first-order chi connectivity index (χ1) is 9.81. The van der Waals surface area contributed by atoms with Crippen molar-refractivity contribution in [2.24, 2.45) is 11.8 Å². The summed E-state index contributed by atoms with van der Waals surface area (Å²) in [6.45, 7) is 8.14. The molecule has 0 aliphatic carbocycles. The first-order valence-corrected chi connectivity index (χ1v) is 7.07. The van der Waals surface area contributed by atoms with E-state index in [1.165, 1.54) is 0 Å². The quantitative estimate of drug-likeness (QED) is 0.810. The topological polar surface area (TPSA) is 75.6 Å². The molecule has 0 aliphatic rings. The van der Waals surface area contributed by atoms with Crippen LogP contribution in [0.3, 0.4) is 0 Å². The maximum absolute atomic E-state index is 12.1. The third-order valence-corrected chi connectivity index (χ3v) is 2.90. The summed E-state index contributed by atoms with van der Waals surface area (Å²) in [5, 5.41) is 11.6. The summed E-state index contributed by atoms with van der Waals surface area (Å²) in [6, 6.07) is 5.84. The van der Waals surface area contributed by atoms with Crippen molar-refractivity contribution in [3.63, 3.8) is 0 Å². The fraction of sp³-hybridized carbons (Fsp3) is 0.500. The molecule has 0 spiro atoms. The minimum absolute atomic E-state index is 0.188. The summed E-state index contributed by atoms with van der Waals surface area (Å²) in [7, 11) is 0. The van der Waals surface area contributed by atoms with Crippen molar-refractivity contribution in [1.29, 1.82) is 0 Å². The van der Waals surface area contributed by atoms with Crippen molar-refractivity contribution in [2.45, 2.75) is 33.7 Å². The number of carboxylic acid groups (broad SMARTS) is 1. The largest absolute Gasteiger partial charge is 0.493 e. The normalized spacial score (nSPS) is 12.3. The predicted molar refractivity (Wildman–Crippen MR) is 80.5 cm³/mol. The molecule has 2 N–H and O–H groups in total. The minimum Gasteiger partial charge on any atom is -0.493 e. The Balaban J connectivity index is 2.78. The third-order valence-electron chi connectivity index (χ3n) is 2.90. The number of ether oxygens (including phenoxy) is 1. The molecule has 0 heterocycles. The second kappa shape index (κ2) is 7.67. The van der Waals surface area contributed by atoms with Gasteiger partial charge in [0.15, 0.2) is 0 Å². The van der Waals surface area contributed by atoms with Gasteiger partial charge in [0.05, 0.1) is 6.61 Å². The Morgan fingerprint density at radius 2 is 1.90 bits per heavy atom. The maximum atomic E-state index is 12.1. The van der Waals surface area contributed by atoms with Gasteiger partial charge < -0.3 is 15.2 Å². The first kappa shape index (κ1) is 17.0. The van der Waals surface area contributed by atoms with Crippen LogP contribution < -0.4 is 10.1 Å². The predicted octanol–water partition coefficient (Wildman–Crippen LogP) is 2.56. The van der Waals surface area contributed by atoms with E-state index >= 15 is 0 Å². The minimum atomic E-state index is -1.04. The van der Waals surface area contributed by atoms with Gasteiger partial charge in [-0.3, -0.25) is 4.79 Å². The highest BCUT2D eigenvalue weighted by Gasteiger charge is 2.24. The summed E-state index contributed by atoms with van der Waals surface area (Å²) in [5.41, 5.74) is 0.392. The Hall–Kier alpha value is -2.04. The van der Waals surface area contributed by atoms with E-state index in [1.807, 2.05) is 13.8 Å². The average Bonchev–Trinajstić information content (AvgIpc) is 2.41. The molecule has 0 unspecified atom stereocenters. The molecule has 0 aromatic heterocycles. The molecule has 0 aliphatic heterocycles. The van der Waals surface area contributed by atoms with Gasteiger partial charge in [-0.05, 0) is 30.0 Å². The highest BCUT2D eigenvalue weighted by Crippen LogP contribution is 2.15. The van der Waals surface area contributed by atoms with E-state index in [0.29, 0.717) is 23.8 Å². The number of hydrogen-bond acceptors (Lipinski definition) is 3. The van der Waals surface area contributed by atoms with E-state index in [9.17, 15) is 9.59 Å². The molecular weight excluding hydrogens is 270 g/mol. The van der Waals surface area contributed by atoms with Crippen LogP contribution in [-0.2, 0) is 4.79 Å². The molecule has 0 bridgehead atoms. The SMILES string of the molecule is CC(C)COc1cccc(C(=O)N[C@H](C(=O)O)C(C)C)c1. The number of rotatable bonds is 7. The van der Waals surface area contributed by atoms with Gasteiger partial charge in [0, 0.05) is 5.56 Å². The highest BCUT2D eigenvalue weighted by molar-refractivity contribution is 5.96. The smallest absolute Gasteiger partial charge is 0.326 e. The third kappa shape index (κ3) is 5.45. The number of carbonyl (C=O) groups is 2. The number of aliphatic carboxylic acids is 1. The van der Waals surface area contributed by atoms with Gasteiger partial charge in [-0.2, -0.15) is 0 Å². The van der Waals surface area contributed by atoms with Crippen LogP contribution in [-0.4, -0.2) is 29.6 Å². The van der Waals surface area contributed by atoms with Crippen molar-refractivity contribution in [1.82, 2.24) is 5.32 Å². The second-order valence-electron chi connectivity index (χ2n) is 5.77. The second-order valence-corrected chi connectivity index (χ2v) is 5.77. The number of carbonyl (C=O) groups excluding carboxylic acids is 1. The van der Waals surface area contributed by atoms with Gasteiger partial charge in [0.2, 0.25) is 0 Å². The molecule has 1 aromatic rings. The van der Waals surface area contributed by atoms with Crippen molar-refractivity contribution < 1.29 is 19.4 Å². The zero-order valence-electron chi connectivity index (χ0n) is 12.9. The number of benzene rings is 1. The van der Waals surface area contributed by atoms with E-state index < -0.39 is 17.9 Å². The van der Waals surface area contributed by atoms with Crippen LogP contribution in [0.4, 0.5) is 0 Å². The molecule has 0 saturated carbocycles. The summed E-state index contributed by atoms with van der Waals surface area (Å²) < 4.78 is 5.56. The summed E-state index contributed by atoms with van der Waals surface area (Å²) in [4.78, 5) is 23.2. The Labute approximate surface area is 125 Å². The average molecular weight is 293 g/mol. The van der Waals surface area contributed by atoms with Crippen LogP contribution in [0.25, 0.3) is 0 Å². The molecule has 1 rings (SSSR count). The van der Waals surface area contributed by atoms with Gasteiger partial charge in [-0.15, -0.1) is 0 Å². The van der Waals surface area contributed by atoms with Gasteiger partial charge in [-0.1, -0.05) is 33.8 Å². The van der Waals surface area contributed by atoms with Crippen LogP contribution in [0.5, 0.6) is 5.75 Å². The van der Waals surface area contributed by atoms with Crippen LogP contribution in [0, 0.1) is 11.8 Å². The summed E-state index contributed by atoms with van der Waals surface area (Å²) >= 11 is 0. The van der Waals surface area contributed by atoms with Crippen LogP contribution in [0.1, 0.15) is 38.1 Å². The molecule has 21 heavy (non-hydrogen) atoms. The van der Waals surface area contributed by atoms with Gasteiger partial charge >= 0.3 is 5.97 Å². The van der Waals surface area contributed by atoms with E-state index in [0.717, 1.165) is 0 Å². The van der Waals surface area contributed by atoms with Crippen LogP contribution in [0.2, 0.25) is 0 Å². The van der Waals surface area contributed by atoms with E-state index in [2.05, 4.69) is 5.32 Å². The molecule has 1 atom stereocenters. The van der Waals surface area contributed by atoms with Gasteiger partial charge in [0.1, 0.15) is 11.8 Å². The maximum Gasteiger partial charge on any atom is 0.326 e. The molecule has 0 saturated heterocycles.